The second-order valence-electron chi connectivity index (χ2n) is 27.0. The van der Waals surface area contributed by atoms with E-state index >= 15 is 0 Å². The summed E-state index contributed by atoms with van der Waals surface area (Å²) in [4.78, 5) is 150. The summed E-state index contributed by atoms with van der Waals surface area (Å²) in [5.41, 5.74) is 20.7. The molecule has 1 aliphatic carbocycles. The van der Waals surface area contributed by atoms with Crippen LogP contribution in [0.2, 0.25) is 0 Å². The number of benzene rings is 1. The zero-order chi connectivity index (χ0) is 105. The molecule has 0 bridgehead atoms. The van der Waals surface area contributed by atoms with Gasteiger partial charge >= 0.3 is 83.6 Å². The Morgan fingerprint density at radius 2 is 0.574 bits per heavy atom. The Kier molecular flexibility index (Phi) is 120. The number of ether oxygens (including phenoxy) is 17. The lowest BCUT2D eigenvalue weighted by molar-refractivity contribution is -0.145. The lowest BCUT2D eigenvalue weighted by Crippen LogP contribution is -2.23. The largest absolute Gasteiger partial charge is 0.463 e. The van der Waals surface area contributed by atoms with Crippen LogP contribution in [-0.4, -0.2) is 240 Å². The third-order valence-corrected chi connectivity index (χ3v) is 16.0. The summed E-state index contributed by atoms with van der Waals surface area (Å²) in [5.74, 6) is -4.25. The number of hydrogen-bond acceptors (Lipinski definition) is 36. The third kappa shape index (κ3) is 120. The number of unbranched alkanes of at least 4 members (excludes halogenated alkanes) is 9. The van der Waals surface area contributed by atoms with E-state index < -0.39 is 59.7 Å². The fourth-order valence-corrected chi connectivity index (χ4v) is 8.60. The van der Waals surface area contributed by atoms with Crippen molar-refractivity contribution in [3.8, 4) is 11.5 Å². The van der Waals surface area contributed by atoms with E-state index in [0.29, 0.717) is 104 Å². The molecule has 1 aromatic carbocycles. The standard InChI is InChI=1S/C14H20O4.C12H18O6.C12H10O4.C12H18O4.C10H14O5.2C10H14O4.C8H19N.C6H15N.C4H11N.C2H7NO/c1-3-13(15)17-9-11-5-7-12(8-6-11)10-18-14(16)4-2;1-3-11(13)17-9-7-15-5-6-16-8-10-18-12(14)4-2;1-3-11(13)15-9-6-5-7-10(8-9)16-12(14)4-2;1-3-11(13)15-9-7-5-6-8-10-16-12(14)4-2;1-3-9(11)14-7-5-13-6-8-15-10(12)4-2;1-4-9(11)13-7-6-8(3)14-10(12)5-2;1-3-9(11)13-7-5-6-8-14-10(12)4-2;1-3-5-6-8(4-2)7-9;1-2-3-4-5-6-7;1-2-3-4-5;3-1-2-4/h3-4,11-12H,1-2,5-10H2;3-4H,1-2,5-10H2;3-8H,1-2H2;3-4H,1-2,5-10H2;3-4H,1-2,5-8H2;4-5,8H,1-2,6-7H2,3H3;3-4H,1-2,5-8H2;8H,3-7,9H2,1-2H3;2-7H2,1H3;2-5H2,1H3;4H,1-3H2. The summed E-state index contributed by atoms with van der Waals surface area (Å²) in [6.07, 6.45) is 37.2. The third-order valence-electron chi connectivity index (χ3n) is 16.0. The van der Waals surface area contributed by atoms with E-state index in [4.69, 9.17) is 89.6 Å². The van der Waals surface area contributed by atoms with E-state index in [9.17, 15) is 67.1 Å². The summed E-state index contributed by atoms with van der Waals surface area (Å²) >= 11 is 0. The molecule has 0 aliphatic heterocycles. The number of aliphatic hydroxyl groups excluding tert-OH is 1. The van der Waals surface area contributed by atoms with Crippen molar-refractivity contribution in [1.29, 1.82) is 0 Å². The van der Waals surface area contributed by atoms with E-state index in [-0.39, 0.29) is 94.3 Å². The Balaban J connectivity index is -0.000000190. The van der Waals surface area contributed by atoms with Gasteiger partial charge in [-0.15, -0.1) is 0 Å². The molecule has 36 nitrogen and oxygen atoms in total. The Morgan fingerprint density at radius 3 is 0.824 bits per heavy atom. The van der Waals surface area contributed by atoms with Crippen molar-refractivity contribution in [2.24, 2.45) is 40.7 Å². The smallest absolute Gasteiger partial charge is 0.335 e. The number of carbonyl (C=O) groups excluding carboxylic acids is 14. The van der Waals surface area contributed by atoms with Crippen molar-refractivity contribution in [2.45, 2.75) is 176 Å². The minimum absolute atomic E-state index is 0.0972. The highest BCUT2D eigenvalue weighted by atomic mass is 16.6. The lowest BCUT2D eigenvalue weighted by Gasteiger charge is -2.27. The van der Waals surface area contributed by atoms with E-state index in [1.54, 1.807) is 25.1 Å². The maximum Gasteiger partial charge on any atom is 0.335 e. The van der Waals surface area contributed by atoms with Gasteiger partial charge in [0.2, 0.25) is 0 Å². The molecule has 36 heteroatoms. The molecule has 9 N–H and O–H groups in total. The van der Waals surface area contributed by atoms with Crippen LogP contribution in [0.5, 0.6) is 11.5 Å². The van der Waals surface area contributed by atoms with Gasteiger partial charge in [-0.3, -0.25) is 0 Å². The van der Waals surface area contributed by atoms with Crippen LogP contribution in [0.1, 0.15) is 169 Å². The van der Waals surface area contributed by atoms with Crippen molar-refractivity contribution < 1.29 is 153 Å². The van der Waals surface area contributed by atoms with Gasteiger partial charge in [-0.05, 0) is 140 Å². The molecule has 0 aromatic heterocycles. The zero-order valence-corrected chi connectivity index (χ0v) is 81.4. The molecule has 0 amide bonds. The second-order valence-corrected chi connectivity index (χ2v) is 27.0. The van der Waals surface area contributed by atoms with Crippen LogP contribution in [0, 0.1) is 17.8 Å². The van der Waals surface area contributed by atoms with Gasteiger partial charge in [0.1, 0.15) is 44.0 Å². The van der Waals surface area contributed by atoms with Crippen LogP contribution in [-0.2, 0) is 138 Å². The van der Waals surface area contributed by atoms with Gasteiger partial charge in [0, 0.05) is 104 Å². The molecule has 0 spiro atoms. The van der Waals surface area contributed by atoms with Crippen LogP contribution in [0.15, 0.2) is 201 Å². The van der Waals surface area contributed by atoms with Gasteiger partial charge in [-0.25, -0.2) is 67.1 Å². The summed E-state index contributed by atoms with van der Waals surface area (Å²) < 4.78 is 82.2. The summed E-state index contributed by atoms with van der Waals surface area (Å²) in [5, 5.41) is 7.75. The molecule has 0 saturated heterocycles. The average Bonchev–Trinajstić information content (AvgIpc) is 0.886. The molecule has 2 rings (SSSR count). The highest BCUT2D eigenvalue weighted by Gasteiger charge is 2.23. The number of nitrogens with two attached hydrogens (primary N) is 4. The van der Waals surface area contributed by atoms with E-state index in [0.717, 1.165) is 150 Å². The molecular formula is C100H160N4O32. The van der Waals surface area contributed by atoms with Crippen molar-refractivity contribution in [1.82, 2.24) is 0 Å². The number of rotatable bonds is 63. The molecule has 0 radical (unpaired) electrons. The maximum absolute atomic E-state index is 10.9. The minimum atomic E-state index is -0.577. The Labute approximate surface area is 806 Å². The predicted molar refractivity (Wildman–Crippen MR) is 522 cm³/mol. The van der Waals surface area contributed by atoms with E-state index in [1.807, 2.05) is 0 Å². The fourth-order valence-electron chi connectivity index (χ4n) is 8.60. The Morgan fingerprint density at radius 1 is 0.316 bits per heavy atom. The predicted octanol–water partition coefficient (Wildman–Crippen LogP) is 12.9. The van der Waals surface area contributed by atoms with Crippen molar-refractivity contribution >= 4 is 83.6 Å². The highest BCUT2D eigenvalue weighted by molar-refractivity contribution is 5.86. The molecule has 772 valence electrons. The van der Waals surface area contributed by atoms with Gasteiger partial charge in [-0.1, -0.05) is 171 Å². The normalized spacial score (nSPS) is 11.4. The van der Waals surface area contributed by atoms with Crippen molar-refractivity contribution in [2.75, 3.05) is 145 Å². The quantitative estimate of drug-likeness (QED) is 0.0133. The number of hydrogen-bond donors (Lipinski definition) is 5. The average molecular weight is 1930 g/mol. The molecule has 0 heterocycles. The summed E-state index contributed by atoms with van der Waals surface area (Å²) in [6.45, 7) is 64.5. The Bertz CT molecular complexity index is 3260. The molecule has 136 heavy (non-hydrogen) atoms. The topological polar surface area (TPSA) is 520 Å². The summed E-state index contributed by atoms with van der Waals surface area (Å²) in [7, 11) is 0. The van der Waals surface area contributed by atoms with Crippen LogP contribution in [0.25, 0.3) is 0 Å². The Hall–Kier alpha value is -12.2. The minimum Gasteiger partial charge on any atom is -0.463 e. The van der Waals surface area contributed by atoms with Gasteiger partial charge < -0.3 is 109 Å². The number of esters is 14. The van der Waals surface area contributed by atoms with Crippen LogP contribution in [0.3, 0.4) is 0 Å². The maximum atomic E-state index is 10.9. The summed E-state index contributed by atoms with van der Waals surface area (Å²) in [6, 6.07) is 6.14. The van der Waals surface area contributed by atoms with Crippen LogP contribution >= 0.6 is 0 Å². The van der Waals surface area contributed by atoms with Gasteiger partial charge in [0.15, 0.2) is 0 Å². The van der Waals surface area contributed by atoms with Crippen molar-refractivity contribution in [3.63, 3.8) is 0 Å². The first-order valence-corrected chi connectivity index (χ1v) is 44.8. The zero-order valence-electron chi connectivity index (χ0n) is 81.4. The first kappa shape index (κ1) is 142. The van der Waals surface area contributed by atoms with Crippen molar-refractivity contribution in [3.05, 3.63) is 201 Å². The van der Waals surface area contributed by atoms with Gasteiger partial charge in [-0.2, -0.15) is 0 Å². The molecule has 1 fully saturated rings. The molecule has 1 saturated carbocycles. The first-order chi connectivity index (χ1) is 65.3. The molecule has 2 unspecified atom stereocenters. The van der Waals surface area contributed by atoms with Crippen LogP contribution in [0.4, 0.5) is 0 Å². The molecule has 1 aromatic rings. The number of aliphatic hydroxyl groups is 1. The molecular weight excluding hydrogens is 1770 g/mol. The van der Waals surface area contributed by atoms with Crippen LogP contribution < -0.4 is 32.4 Å². The monoisotopic (exact) mass is 1930 g/mol. The highest BCUT2D eigenvalue weighted by Crippen LogP contribution is 2.29. The SMILES string of the molecule is C=CC(=O)OCC1CCC(COC(=O)C=C)CC1.C=CC(=O)OCCC(C)OC(=O)C=C.C=CC(=O)OCCCCCCOC(=O)C=C.C=CC(=O)OCCCCOC(=O)C=C.C=CC(=O)OCCOCCOC(=O)C=C.C=CC(=O)OCCOCCOCCOC(=O)C=C.C=CC(=O)Oc1cccc(OC(=O)C=C)c1.CCCCC(CC)CN.CCCCCCN.CCCCN.NCCO. The molecule has 2 atom stereocenters. The fraction of sp³-hybridized carbons (Fsp3) is 0.520. The first-order valence-electron chi connectivity index (χ1n) is 44.8. The van der Waals surface area contributed by atoms with E-state index in [1.165, 1.54) is 82.4 Å². The second kappa shape index (κ2) is 115. The number of carbonyl (C=O) groups is 14. The molecule has 1 aliphatic rings. The van der Waals surface area contributed by atoms with Gasteiger partial charge in [0.05, 0.1) is 92.5 Å². The lowest BCUT2D eigenvalue weighted by atomic mass is 9.83. The van der Waals surface area contributed by atoms with Gasteiger partial charge in [0.25, 0.3) is 0 Å². The van der Waals surface area contributed by atoms with E-state index in [2.05, 4.69) is 139 Å².